The van der Waals surface area contributed by atoms with Gasteiger partial charge in [-0.25, -0.2) is 9.78 Å². The van der Waals surface area contributed by atoms with Crippen LogP contribution in [0.3, 0.4) is 0 Å². The van der Waals surface area contributed by atoms with Crippen molar-refractivity contribution in [3.63, 3.8) is 0 Å². The summed E-state index contributed by atoms with van der Waals surface area (Å²) in [5.41, 5.74) is 7.04. The van der Waals surface area contributed by atoms with Crippen LogP contribution in [0.1, 0.15) is 49.8 Å². The molecule has 6 heteroatoms. The Morgan fingerprint density at radius 3 is 2.67 bits per heavy atom. The molecule has 0 unspecified atom stereocenters. The van der Waals surface area contributed by atoms with E-state index >= 15 is 0 Å². The van der Waals surface area contributed by atoms with Crippen molar-refractivity contribution >= 4 is 16.9 Å². The molecule has 2 heterocycles. The van der Waals surface area contributed by atoms with E-state index in [-0.39, 0.29) is 11.9 Å². The fraction of sp³-hybridized carbons (Fsp3) is 0.533. The van der Waals surface area contributed by atoms with Crippen LogP contribution in [0.15, 0.2) is 16.9 Å². The van der Waals surface area contributed by atoms with Crippen LogP contribution in [0.5, 0.6) is 0 Å². The number of aliphatic hydroxyl groups excluding tert-OH is 1. The van der Waals surface area contributed by atoms with E-state index in [1.807, 2.05) is 12.1 Å². The van der Waals surface area contributed by atoms with Crippen molar-refractivity contribution in [2.45, 2.75) is 50.2 Å². The molecule has 0 saturated heterocycles. The standard InChI is InChI=1S/C15H18N4O2/c16-13-9-6-7-10(8-4-5-8)17-14(9)19(15(21)18-13)11-2-1-3-12(11)20/h6-8,11-12,20H,1-5H2,(H2,16,18,21)/t11-,12+/m0/s1. The molecule has 110 valence electrons. The molecule has 4 rings (SSSR count). The van der Waals surface area contributed by atoms with Crippen LogP contribution >= 0.6 is 0 Å². The fourth-order valence-corrected chi connectivity index (χ4v) is 3.28. The number of nitrogen functional groups attached to an aromatic ring is 1. The Kier molecular flexibility index (Phi) is 2.75. The van der Waals surface area contributed by atoms with Crippen LogP contribution in [0.2, 0.25) is 0 Å². The number of nitrogens with zero attached hydrogens (tertiary/aromatic N) is 3. The molecule has 2 saturated carbocycles. The predicted molar refractivity (Wildman–Crippen MR) is 79.1 cm³/mol. The molecule has 0 radical (unpaired) electrons. The average Bonchev–Trinajstić information content (AvgIpc) is 3.23. The summed E-state index contributed by atoms with van der Waals surface area (Å²) in [6.07, 6.45) is 4.18. The maximum absolute atomic E-state index is 12.3. The largest absolute Gasteiger partial charge is 0.391 e. The van der Waals surface area contributed by atoms with E-state index in [1.165, 1.54) is 0 Å². The van der Waals surface area contributed by atoms with E-state index in [0.717, 1.165) is 31.4 Å². The van der Waals surface area contributed by atoms with Crippen molar-refractivity contribution in [2.24, 2.45) is 0 Å². The van der Waals surface area contributed by atoms with Gasteiger partial charge in [0.15, 0.2) is 0 Å². The molecule has 0 spiro atoms. The van der Waals surface area contributed by atoms with E-state index in [0.29, 0.717) is 23.4 Å². The monoisotopic (exact) mass is 286 g/mol. The lowest BCUT2D eigenvalue weighted by Gasteiger charge is -2.19. The number of anilines is 1. The van der Waals surface area contributed by atoms with Gasteiger partial charge in [0.05, 0.1) is 17.5 Å². The number of nitrogens with two attached hydrogens (primary N) is 1. The molecule has 2 aliphatic carbocycles. The summed E-state index contributed by atoms with van der Waals surface area (Å²) in [6, 6.07) is 3.63. The first-order valence-electron chi connectivity index (χ1n) is 7.52. The highest BCUT2D eigenvalue weighted by Crippen LogP contribution is 2.40. The zero-order valence-electron chi connectivity index (χ0n) is 11.7. The number of hydrogen-bond acceptors (Lipinski definition) is 5. The van der Waals surface area contributed by atoms with Crippen LogP contribution in [-0.2, 0) is 0 Å². The summed E-state index contributed by atoms with van der Waals surface area (Å²) in [4.78, 5) is 20.9. The second kappa shape index (κ2) is 4.53. The molecule has 21 heavy (non-hydrogen) atoms. The van der Waals surface area contributed by atoms with E-state index in [1.54, 1.807) is 4.57 Å². The van der Waals surface area contributed by atoms with Gasteiger partial charge in [-0.15, -0.1) is 0 Å². The summed E-state index contributed by atoms with van der Waals surface area (Å²) in [7, 11) is 0. The second-order valence-electron chi connectivity index (χ2n) is 6.10. The molecule has 0 aromatic carbocycles. The van der Waals surface area contributed by atoms with E-state index in [9.17, 15) is 9.90 Å². The maximum Gasteiger partial charge on any atom is 0.351 e. The van der Waals surface area contributed by atoms with Gasteiger partial charge < -0.3 is 10.8 Å². The molecule has 2 atom stereocenters. The van der Waals surface area contributed by atoms with Crippen molar-refractivity contribution < 1.29 is 5.11 Å². The second-order valence-corrected chi connectivity index (χ2v) is 6.10. The number of fused-ring (bicyclic) bond motifs is 1. The zero-order valence-corrected chi connectivity index (χ0v) is 11.7. The van der Waals surface area contributed by atoms with Gasteiger partial charge in [0.1, 0.15) is 11.5 Å². The van der Waals surface area contributed by atoms with Crippen molar-refractivity contribution in [1.82, 2.24) is 14.5 Å². The molecule has 2 aromatic heterocycles. The van der Waals surface area contributed by atoms with Crippen molar-refractivity contribution in [3.05, 3.63) is 28.3 Å². The smallest absolute Gasteiger partial charge is 0.351 e. The van der Waals surface area contributed by atoms with Crippen LogP contribution in [0, 0.1) is 0 Å². The molecule has 2 aliphatic rings. The Labute approximate surface area is 121 Å². The molecular weight excluding hydrogens is 268 g/mol. The molecule has 6 nitrogen and oxygen atoms in total. The number of rotatable bonds is 2. The van der Waals surface area contributed by atoms with Crippen LogP contribution in [-0.4, -0.2) is 25.7 Å². The highest BCUT2D eigenvalue weighted by Gasteiger charge is 2.31. The minimum absolute atomic E-state index is 0.216. The summed E-state index contributed by atoms with van der Waals surface area (Å²) in [5, 5.41) is 10.8. The van der Waals surface area contributed by atoms with Gasteiger partial charge in [0, 0.05) is 11.6 Å². The predicted octanol–water partition coefficient (Wildman–Crippen LogP) is 1.34. The topological polar surface area (TPSA) is 94.0 Å². The van der Waals surface area contributed by atoms with Gasteiger partial charge in [-0.1, -0.05) is 0 Å². The quantitative estimate of drug-likeness (QED) is 0.868. The highest BCUT2D eigenvalue weighted by molar-refractivity contribution is 5.85. The zero-order chi connectivity index (χ0) is 14.6. The lowest BCUT2D eigenvalue weighted by molar-refractivity contribution is 0.136. The Bertz CT molecular complexity index is 766. The van der Waals surface area contributed by atoms with Gasteiger partial charge >= 0.3 is 5.69 Å². The third-order valence-corrected chi connectivity index (χ3v) is 4.59. The summed E-state index contributed by atoms with van der Waals surface area (Å²) in [6.45, 7) is 0. The molecule has 3 N–H and O–H groups in total. The van der Waals surface area contributed by atoms with Crippen LogP contribution < -0.4 is 11.4 Å². The van der Waals surface area contributed by atoms with Crippen molar-refractivity contribution in [3.8, 4) is 0 Å². The first-order chi connectivity index (χ1) is 10.1. The summed E-state index contributed by atoms with van der Waals surface area (Å²) in [5.74, 6) is 0.717. The molecule has 0 aliphatic heterocycles. The van der Waals surface area contributed by atoms with Crippen LogP contribution in [0.4, 0.5) is 5.82 Å². The molecule has 2 aromatic rings. The average molecular weight is 286 g/mol. The van der Waals surface area contributed by atoms with Gasteiger partial charge in [-0.3, -0.25) is 4.57 Å². The lowest BCUT2D eigenvalue weighted by Crippen LogP contribution is -2.32. The molecule has 0 bridgehead atoms. The number of pyridine rings is 1. The summed E-state index contributed by atoms with van der Waals surface area (Å²) < 4.78 is 1.55. The van der Waals surface area contributed by atoms with Crippen molar-refractivity contribution in [1.29, 1.82) is 0 Å². The normalized spacial score (nSPS) is 25.6. The van der Waals surface area contributed by atoms with Gasteiger partial charge in [0.2, 0.25) is 0 Å². The van der Waals surface area contributed by atoms with E-state index in [2.05, 4.69) is 9.97 Å². The van der Waals surface area contributed by atoms with Crippen LogP contribution in [0.25, 0.3) is 11.0 Å². The first kappa shape index (κ1) is 12.8. The van der Waals surface area contributed by atoms with E-state index < -0.39 is 11.8 Å². The number of aromatic nitrogens is 3. The Balaban J connectivity index is 1.98. The minimum Gasteiger partial charge on any atom is -0.391 e. The van der Waals surface area contributed by atoms with Gasteiger partial charge in [-0.05, 0) is 44.2 Å². The fourth-order valence-electron chi connectivity index (χ4n) is 3.28. The maximum atomic E-state index is 12.3. The van der Waals surface area contributed by atoms with Crippen molar-refractivity contribution in [2.75, 3.05) is 5.73 Å². The third-order valence-electron chi connectivity index (χ3n) is 4.59. The SMILES string of the molecule is Nc1nc(=O)n([C@H]2CCC[C@H]2O)c2nc(C3CC3)ccc12. The highest BCUT2D eigenvalue weighted by atomic mass is 16.3. The molecule has 0 amide bonds. The van der Waals surface area contributed by atoms with Gasteiger partial charge in [-0.2, -0.15) is 4.98 Å². The number of hydrogen-bond donors (Lipinski definition) is 2. The Morgan fingerprint density at radius 1 is 1.19 bits per heavy atom. The van der Waals surface area contributed by atoms with Gasteiger partial charge in [0.25, 0.3) is 0 Å². The molecule has 2 fully saturated rings. The lowest BCUT2D eigenvalue weighted by atomic mass is 10.2. The Morgan fingerprint density at radius 2 is 2.00 bits per heavy atom. The molecular formula is C15H18N4O2. The summed E-state index contributed by atoms with van der Waals surface area (Å²) >= 11 is 0. The van der Waals surface area contributed by atoms with E-state index in [4.69, 9.17) is 5.73 Å². The first-order valence-corrected chi connectivity index (χ1v) is 7.52. The minimum atomic E-state index is -0.511. The third kappa shape index (κ3) is 2.01. The Hall–Kier alpha value is -1.95. The number of aliphatic hydroxyl groups is 1.